The second kappa shape index (κ2) is 9.62. The molecule has 6 nitrogen and oxygen atoms in total. The van der Waals surface area contributed by atoms with Gasteiger partial charge in [0, 0.05) is 23.7 Å². The van der Waals surface area contributed by atoms with Crippen LogP contribution < -0.4 is 10.1 Å². The van der Waals surface area contributed by atoms with Crippen molar-refractivity contribution in [3.05, 3.63) is 102 Å². The van der Waals surface area contributed by atoms with Gasteiger partial charge in [0.05, 0.1) is 24.6 Å². The minimum atomic E-state index is -1.34. The zero-order valence-electron chi connectivity index (χ0n) is 17.7. The molecule has 168 valence electrons. The molecule has 4 rings (SSSR count). The van der Waals surface area contributed by atoms with Crippen LogP contribution in [0.2, 0.25) is 0 Å². The van der Waals surface area contributed by atoms with E-state index in [1.165, 1.54) is 0 Å². The largest absolute Gasteiger partial charge is 0.497 e. The molecule has 8 heteroatoms. The molecule has 4 aromatic rings. The number of carbonyl (C=O) groups is 1. The van der Waals surface area contributed by atoms with Crippen LogP contribution in [0.1, 0.15) is 22.2 Å². The maximum atomic E-state index is 13.9. The van der Waals surface area contributed by atoms with Crippen LogP contribution in [0.15, 0.2) is 78.9 Å². The Labute approximate surface area is 189 Å². The molecular formula is C25H21F2N3O3. The number of benzene rings is 3. The SMILES string of the molecule is COc1ccc(-c2cc(C(=O)NCC(O)c3ccc(F)cc3F)nn2-c2ccccc2)cc1. The molecule has 0 saturated carbocycles. The second-order valence-corrected chi connectivity index (χ2v) is 7.28. The number of ether oxygens (including phenoxy) is 1. The van der Waals surface area contributed by atoms with Gasteiger partial charge in [-0.3, -0.25) is 4.79 Å². The summed E-state index contributed by atoms with van der Waals surface area (Å²) in [5.41, 5.74) is 2.27. The number of para-hydroxylation sites is 1. The molecule has 1 unspecified atom stereocenters. The Morgan fingerprint density at radius 1 is 1.06 bits per heavy atom. The Morgan fingerprint density at radius 3 is 2.45 bits per heavy atom. The Morgan fingerprint density at radius 2 is 1.79 bits per heavy atom. The minimum absolute atomic E-state index is 0.106. The highest BCUT2D eigenvalue weighted by Gasteiger charge is 2.19. The summed E-state index contributed by atoms with van der Waals surface area (Å²) in [7, 11) is 1.58. The molecule has 0 saturated heterocycles. The van der Waals surface area contributed by atoms with Crippen molar-refractivity contribution in [1.29, 1.82) is 0 Å². The van der Waals surface area contributed by atoms with Gasteiger partial charge in [0.15, 0.2) is 5.69 Å². The third kappa shape index (κ3) is 4.91. The number of aliphatic hydroxyl groups is 1. The first kappa shape index (κ1) is 22.2. The van der Waals surface area contributed by atoms with Crippen LogP contribution in [0, 0.1) is 11.6 Å². The highest BCUT2D eigenvalue weighted by molar-refractivity contribution is 5.93. The van der Waals surface area contributed by atoms with Crippen LogP contribution in [-0.4, -0.2) is 34.4 Å². The molecule has 0 aliphatic carbocycles. The van der Waals surface area contributed by atoms with Crippen LogP contribution in [0.25, 0.3) is 16.9 Å². The molecule has 0 radical (unpaired) electrons. The Balaban J connectivity index is 1.59. The normalized spacial score (nSPS) is 11.8. The van der Waals surface area contributed by atoms with Crippen LogP contribution in [0.4, 0.5) is 8.78 Å². The fraction of sp³-hybridized carbons (Fsp3) is 0.120. The van der Waals surface area contributed by atoms with Gasteiger partial charge in [-0.2, -0.15) is 5.10 Å². The number of carbonyl (C=O) groups excluding carboxylic acids is 1. The number of hydrogen-bond acceptors (Lipinski definition) is 4. The number of aliphatic hydroxyl groups excluding tert-OH is 1. The third-order valence-corrected chi connectivity index (χ3v) is 5.11. The summed E-state index contributed by atoms with van der Waals surface area (Å²) in [6.07, 6.45) is -1.34. The van der Waals surface area contributed by atoms with Gasteiger partial charge in [0.1, 0.15) is 17.4 Å². The first-order valence-corrected chi connectivity index (χ1v) is 10.2. The van der Waals surface area contributed by atoms with E-state index in [2.05, 4.69) is 10.4 Å². The van der Waals surface area contributed by atoms with E-state index in [-0.39, 0.29) is 17.8 Å². The zero-order chi connectivity index (χ0) is 23.4. The van der Waals surface area contributed by atoms with Gasteiger partial charge in [-0.25, -0.2) is 13.5 Å². The average molecular weight is 449 g/mol. The number of methoxy groups -OCH3 is 1. The van der Waals surface area contributed by atoms with Crippen molar-refractivity contribution in [3.63, 3.8) is 0 Å². The first-order valence-electron chi connectivity index (χ1n) is 10.2. The molecule has 0 aliphatic heterocycles. The molecular weight excluding hydrogens is 428 g/mol. The quantitative estimate of drug-likeness (QED) is 0.441. The fourth-order valence-corrected chi connectivity index (χ4v) is 3.39. The van der Waals surface area contributed by atoms with E-state index in [0.29, 0.717) is 17.5 Å². The number of amides is 1. The third-order valence-electron chi connectivity index (χ3n) is 5.11. The van der Waals surface area contributed by atoms with Gasteiger partial charge in [-0.05, 0) is 48.5 Å². The highest BCUT2D eigenvalue weighted by atomic mass is 19.1. The van der Waals surface area contributed by atoms with E-state index in [1.807, 2.05) is 54.6 Å². The smallest absolute Gasteiger partial charge is 0.271 e. The highest BCUT2D eigenvalue weighted by Crippen LogP contribution is 2.26. The van der Waals surface area contributed by atoms with E-state index in [9.17, 15) is 18.7 Å². The van der Waals surface area contributed by atoms with Gasteiger partial charge in [-0.15, -0.1) is 0 Å². The van der Waals surface area contributed by atoms with Crippen molar-refractivity contribution in [2.24, 2.45) is 0 Å². The summed E-state index contributed by atoms with van der Waals surface area (Å²) >= 11 is 0. The topological polar surface area (TPSA) is 76.4 Å². The Hall–Kier alpha value is -4.04. The lowest BCUT2D eigenvalue weighted by Gasteiger charge is -2.12. The van der Waals surface area contributed by atoms with Crippen molar-refractivity contribution in [2.75, 3.05) is 13.7 Å². The minimum Gasteiger partial charge on any atom is -0.497 e. The maximum Gasteiger partial charge on any atom is 0.271 e. The van der Waals surface area contributed by atoms with Gasteiger partial charge >= 0.3 is 0 Å². The second-order valence-electron chi connectivity index (χ2n) is 7.28. The predicted molar refractivity (Wildman–Crippen MR) is 119 cm³/mol. The monoisotopic (exact) mass is 449 g/mol. The Bertz CT molecular complexity index is 1260. The van der Waals surface area contributed by atoms with Crippen molar-refractivity contribution >= 4 is 5.91 Å². The van der Waals surface area contributed by atoms with Gasteiger partial charge < -0.3 is 15.2 Å². The summed E-state index contributed by atoms with van der Waals surface area (Å²) in [5, 5.41) is 17.2. The van der Waals surface area contributed by atoms with Gasteiger partial charge in [-0.1, -0.05) is 24.3 Å². The molecule has 0 aliphatic rings. The molecule has 0 bridgehead atoms. The number of nitrogens with zero attached hydrogens (tertiary/aromatic N) is 2. The molecule has 2 N–H and O–H groups in total. The standard InChI is InChI=1S/C25H21F2N3O3/c1-33-19-10-7-16(8-11-19)23-14-22(29-30(23)18-5-3-2-4-6-18)25(32)28-15-24(31)20-12-9-17(26)13-21(20)27/h2-14,24,31H,15H2,1H3,(H,28,32). The van der Waals surface area contributed by atoms with Crippen molar-refractivity contribution in [2.45, 2.75) is 6.10 Å². The molecule has 1 heterocycles. The van der Waals surface area contributed by atoms with Crippen molar-refractivity contribution in [1.82, 2.24) is 15.1 Å². The van der Waals surface area contributed by atoms with Gasteiger partial charge in [0.2, 0.25) is 0 Å². The van der Waals surface area contributed by atoms with E-state index in [0.717, 1.165) is 23.4 Å². The van der Waals surface area contributed by atoms with E-state index in [4.69, 9.17) is 4.74 Å². The number of halogens is 2. The maximum absolute atomic E-state index is 13.9. The summed E-state index contributed by atoms with van der Waals surface area (Å²) in [4.78, 5) is 12.8. The molecule has 1 atom stereocenters. The molecule has 1 aromatic heterocycles. The van der Waals surface area contributed by atoms with Crippen LogP contribution in [-0.2, 0) is 0 Å². The molecule has 0 fully saturated rings. The summed E-state index contributed by atoms with van der Waals surface area (Å²) in [6.45, 7) is -0.266. The van der Waals surface area contributed by atoms with E-state index in [1.54, 1.807) is 17.9 Å². The van der Waals surface area contributed by atoms with Crippen molar-refractivity contribution in [3.8, 4) is 22.7 Å². The molecule has 33 heavy (non-hydrogen) atoms. The zero-order valence-corrected chi connectivity index (χ0v) is 17.7. The summed E-state index contributed by atoms with van der Waals surface area (Å²) in [5.74, 6) is -1.47. The van der Waals surface area contributed by atoms with Crippen LogP contribution in [0.3, 0.4) is 0 Å². The van der Waals surface area contributed by atoms with E-state index < -0.39 is 23.6 Å². The predicted octanol–water partition coefficient (Wildman–Crippen LogP) is 4.29. The van der Waals surface area contributed by atoms with Crippen LogP contribution in [0.5, 0.6) is 5.75 Å². The molecule has 3 aromatic carbocycles. The average Bonchev–Trinajstić information content (AvgIpc) is 3.28. The lowest BCUT2D eigenvalue weighted by molar-refractivity contribution is 0.0908. The summed E-state index contributed by atoms with van der Waals surface area (Å²) < 4.78 is 33.9. The fourth-order valence-electron chi connectivity index (χ4n) is 3.39. The van der Waals surface area contributed by atoms with Crippen molar-refractivity contribution < 1.29 is 23.4 Å². The van der Waals surface area contributed by atoms with Crippen LogP contribution >= 0.6 is 0 Å². The number of aromatic nitrogens is 2. The summed E-state index contributed by atoms with van der Waals surface area (Å²) in [6, 6.07) is 21.2. The number of hydrogen-bond donors (Lipinski definition) is 2. The lowest BCUT2D eigenvalue weighted by atomic mass is 10.1. The Kier molecular flexibility index (Phi) is 6.46. The molecule has 0 spiro atoms. The van der Waals surface area contributed by atoms with E-state index >= 15 is 0 Å². The number of rotatable bonds is 7. The first-order chi connectivity index (χ1) is 16.0. The number of nitrogens with one attached hydrogen (secondary N) is 1. The lowest BCUT2D eigenvalue weighted by Crippen LogP contribution is -2.29. The van der Waals surface area contributed by atoms with Gasteiger partial charge in [0.25, 0.3) is 5.91 Å². The molecule has 1 amide bonds.